The minimum absolute atomic E-state index is 0.0800. The van der Waals surface area contributed by atoms with Crippen molar-refractivity contribution in [2.45, 2.75) is 25.2 Å². The Bertz CT molecular complexity index is 636. The summed E-state index contributed by atoms with van der Waals surface area (Å²) in [6.45, 7) is 4.46. The SMILES string of the molecule is CCN(CC)S(=O)(=O)c1ccc(C(=O)NCCC(=O)OC)cc1. The summed E-state index contributed by atoms with van der Waals surface area (Å²) in [4.78, 5) is 23.0. The number of hydrogen-bond donors (Lipinski definition) is 1. The molecule has 0 unspecified atom stereocenters. The summed E-state index contributed by atoms with van der Waals surface area (Å²) in [5.74, 6) is -0.786. The van der Waals surface area contributed by atoms with Crippen LogP contribution in [0.5, 0.6) is 0 Å². The molecule has 1 aromatic carbocycles. The van der Waals surface area contributed by atoms with E-state index < -0.39 is 16.0 Å². The van der Waals surface area contributed by atoms with Gasteiger partial charge in [-0.25, -0.2) is 8.42 Å². The van der Waals surface area contributed by atoms with Crippen LogP contribution in [0.15, 0.2) is 29.2 Å². The number of esters is 1. The molecule has 23 heavy (non-hydrogen) atoms. The van der Waals surface area contributed by atoms with Crippen LogP contribution in [0.1, 0.15) is 30.6 Å². The van der Waals surface area contributed by atoms with Gasteiger partial charge in [-0.3, -0.25) is 9.59 Å². The predicted octanol–water partition coefficient (Wildman–Crippen LogP) is 1.01. The van der Waals surface area contributed by atoms with Crippen LogP contribution in [0, 0.1) is 0 Å². The van der Waals surface area contributed by atoms with Gasteiger partial charge in [0.05, 0.1) is 18.4 Å². The fraction of sp³-hybridized carbons (Fsp3) is 0.467. The Balaban J connectivity index is 2.76. The number of nitrogens with one attached hydrogen (secondary N) is 1. The van der Waals surface area contributed by atoms with Gasteiger partial charge in [0.1, 0.15) is 0 Å². The van der Waals surface area contributed by atoms with Crippen LogP contribution in [0.4, 0.5) is 0 Å². The van der Waals surface area contributed by atoms with E-state index in [-0.39, 0.29) is 23.8 Å². The number of carbonyl (C=O) groups is 2. The Morgan fingerprint density at radius 3 is 2.17 bits per heavy atom. The molecular weight excluding hydrogens is 320 g/mol. The lowest BCUT2D eigenvalue weighted by Crippen LogP contribution is -2.30. The van der Waals surface area contributed by atoms with Crippen molar-refractivity contribution in [1.82, 2.24) is 9.62 Å². The van der Waals surface area contributed by atoms with Gasteiger partial charge in [-0.05, 0) is 24.3 Å². The second-order valence-electron chi connectivity index (χ2n) is 4.70. The molecule has 1 aromatic rings. The van der Waals surface area contributed by atoms with Crippen LogP contribution in [0.3, 0.4) is 0 Å². The van der Waals surface area contributed by atoms with Crippen molar-refractivity contribution in [2.75, 3.05) is 26.7 Å². The molecule has 0 saturated heterocycles. The molecule has 1 rings (SSSR count). The maximum absolute atomic E-state index is 12.3. The summed E-state index contributed by atoms with van der Waals surface area (Å²) >= 11 is 0. The monoisotopic (exact) mass is 342 g/mol. The molecule has 7 nitrogen and oxygen atoms in total. The highest BCUT2D eigenvalue weighted by Crippen LogP contribution is 2.16. The molecule has 128 valence electrons. The first-order valence-electron chi connectivity index (χ1n) is 7.32. The van der Waals surface area contributed by atoms with E-state index in [4.69, 9.17) is 0 Å². The van der Waals surface area contributed by atoms with Gasteiger partial charge in [-0.1, -0.05) is 13.8 Å². The molecule has 1 amide bonds. The first kappa shape index (κ1) is 19.1. The Labute approximate surface area is 136 Å². The largest absolute Gasteiger partial charge is 0.469 e. The first-order valence-corrected chi connectivity index (χ1v) is 8.76. The van der Waals surface area contributed by atoms with Crippen molar-refractivity contribution < 1.29 is 22.7 Å². The number of benzene rings is 1. The van der Waals surface area contributed by atoms with Crippen molar-refractivity contribution in [3.63, 3.8) is 0 Å². The highest BCUT2D eigenvalue weighted by molar-refractivity contribution is 7.89. The molecule has 8 heteroatoms. The van der Waals surface area contributed by atoms with Crippen LogP contribution in [-0.2, 0) is 19.6 Å². The summed E-state index contributed by atoms with van der Waals surface area (Å²) in [6, 6.07) is 5.71. The van der Waals surface area contributed by atoms with Gasteiger partial charge >= 0.3 is 5.97 Å². The van der Waals surface area contributed by atoms with Crippen LogP contribution < -0.4 is 5.32 Å². The summed E-state index contributed by atoms with van der Waals surface area (Å²) in [7, 11) is -2.26. The summed E-state index contributed by atoms with van der Waals surface area (Å²) < 4.78 is 30.5. The standard InChI is InChI=1S/C15H22N2O5S/c1-4-17(5-2)23(20,21)13-8-6-12(7-9-13)15(19)16-11-10-14(18)22-3/h6-9H,4-5,10-11H2,1-3H3,(H,16,19). The molecule has 0 saturated carbocycles. The normalized spacial score (nSPS) is 11.3. The second-order valence-corrected chi connectivity index (χ2v) is 6.63. The number of amides is 1. The predicted molar refractivity (Wildman–Crippen MR) is 85.5 cm³/mol. The highest BCUT2D eigenvalue weighted by Gasteiger charge is 2.21. The smallest absolute Gasteiger partial charge is 0.307 e. The van der Waals surface area contributed by atoms with Crippen molar-refractivity contribution in [2.24, 2.45) is 0 Å². The van der Waals surface area contributed by atoms with E-state index in [2.05, 4.69) is 10.1 Å². The number of sulfonamides is 1. The number of hydrogen-bond acceptors (Lipinski definition) is 5. The molecule has 0 aliphatic heterocycles. The van der Waals surface area contributed by atoms with Gasteiger partial charge in [0, 0.05) is 25.2 Å². The summed E-state index contributed by atoms with van der Waals surface area (Å²) in [5, 5.41) is 2.57. The summed E-state index contributed by atoms with van der Waals surface area (Å²) in [6.07, 6.45) is 0.0800. The van der Waals surface area contributed by atoms with Crippen LogP contribution in [0.2, 0.25) is 0 Å². The Kier molecular flexibility index (Phi) is 7.18. The molecule has 0 radical (unpaired) electrons. The molecule has 0 aliphatic rings. The quantitative estimate of drug-likeness (QED) is 0.712. The van der Waals surface area contributed by atoms with E-state index in [0.29, 0.717) is 18.7 Å². The number of methoxy groups -OCH3 is 1. The van der Waals surface area contributed by atoms with Gasteiger partial charge < -0.3 is 10.1 Å². The van der Waals surface area contributed by atoms with E-state index in [0.717, 1.165) is 0 Å². The lowest BCUT2D eigenvalue weighted by molar-refractivity contribution is -0.140. The zero-order valence-electron chi connectivity index (χ0n) is 13.5. The number of rotatable bonds is 8. The molecule has 0 aliphatic carbocycles. The van der Waals surface area contributed by atoms with Crippen LogP contribution in [0.25, 0.3) is 0 Å². The van der Waals surface area contributed by atoms with Crippen molar-refractivity contribution in [1.29, 1.82) is 0 Å². The third-order valence-corrected chi connectivity index (χ3v) is 5.37. The summed E-state index contributed by atoms with van der Waals surface area (Å²) in [5.41, 5.74) is 0.327. The topological polar surface area (TPSA) is 92.8 Å². The number of carbonyl (C=O) groups excluding carboxylic acids is 2. The molecule has 0 fully saturated rings. The number of nitrogens with zero attached hydrogens (tertiary/aromatic N) is 1. The van der Waals surface area contributed by atoms with E-state index in [1.165, 1.54) is 35.7 Å². The zero-order chi connectivity index (χ0) is 17.5. The average molecular weight is 342 g/mol. The van der Waals surface area contributed by atoms with E-state index in [1.807, 2.05) is 0 Å². The molecule has 0 bridgehead atoms. The van der Waals surface area contributed by atoms with Gasteiger partial charge in [-0.2, -0.15) is 4.31 Å². The van der Waals surface area contributed by atoms with Crippen molar-refractivity contribution >= 4 is 21.9 Å². The Hall–Kier alpha value is -1.93. The van der Waals surface area contributed by atoms with Gasteiger partial charge in [0.2, 0.25) is 10.0 Å². The Morgan fingerprint density at radius 2 is 1.70 bits per heavy atom. The molecule has 0 aromatic heterocycles. The fourth-order valence-corrected chi connectivity index (χ4v) is 3.43. The lowest BCUT2D eigenvalue weighted by atomic mass is 10.2. The molecular formula is C15H22N2O5S. The first-order chi connectivity index (χ1) is 10.9. The van der Waals surface area contributed by atoms with Gasteiger partial charge in [0.15, 0.2) is 0 Å². The van der Waals surface area contributed by atoms with Crippen LogP contribution >= 0.6 is 0 Å². The van der Waals surface area contributed by atoms with E-state index in [1.54, 1.807) is 13.8 Å². The maximum atomic E-state index is 12.3. The minimum atomic E-state index is -3.53. The molecule has 0 spiro atoms. The second kappa shape index (κ2) is 8.64. The van der Waals surface area contributed by atoms with E-state index in [9.17, 15) is 18.0 Å². The minimum Gasteiger partial charge on any atom is -0.469 e. The zero-order valence-corrected chi connectivity index (χ0v) is 14.4. The maximum Gasteiger partial charge on any atom is 0.307 e. The molecule has 0 atom stereocenters. The molecule has 1 N–H and O–H groups in total. The lowest BCUT2D eigenvalue weighted by Gasteiger charge is -2.18. The fourth-order valence-electron chi connectivity index (χ4n) is 1.97. The third kappa shape index (κ3) is 5.04. The Morgan fingerprint density at radius 1 is 1.13 bits per heavy atom. The van der Waals surface area contributed by atoms with E-state index >= 15 is 0 Å². The third-order valence-electron chi connectivity index (χ3n) is 3.30. The van der Waals surface area contributed by atoms with Gasteiger partial charge in [-0.15, -0.1) is 0 Å². The van der Waals surface area contributed by atoms with Gasteiger partial charge in [0.25, 0.3) is 5.91 Å². The van der Waals surface area contributed by atoms with Crippen molar-refractivity contribution in [3.8, 4) is 0 Å². The van der Waals surface area contributed by atoms with Crippen molar-refractivity contribution in [3.05, 3.63) is 29.8 Å². The highest BCUT2D eigenvalue weighted by atomic mass is 32.2. The van der Waals surface area contributed by atoms with Crippen LogP contribution in [-0.4, -0.2) is 51.3 Å². The average Bonchev–Trinajstić information content (AvgIpc) is 2.55. The number of ether oxygens (including phenoxy) is 1. The molecule has 0 heterocycles.